The zero-order valence-electron chi connectivity index (χ0n) is 2.88. The molecule has 1 unspecified atom stereocenters. The molecule has 0 saturated carbocycles. The molecule has 0 spiro atoms. The standard InChI is InChI=1S/C2H2OPS2/c3-2-1-4(5)6-2/h1H2/q+1. The number of carbonyl (C=O) groups excluding carboxylic acids is 1. The Morgan fingerprint density at radius 1 is 2.00 bits per heavy atom. The van der Waals surface area contributed by atoms with E-state index in [2.05, 4.69) is 0 Å². The molecule has 1 heterocycles. The summed E-state index contributed by atoms with van der Waals surface area (Å²) in [5.41, 5.74) is 0. The zero-order chi connectivity index (χ0) is 4.57. The van der Waals surface area contributed by atoms with E-state index in [4.69, 9.17) is 11.8 Å². The summed E-state index contributed by atoms with van der Waals surface area (Å²) in [7, 11) is 0. The summed E-state index contributed by atoms with van der Waals surface area (Å²) < 4.78 is 0. The Labute approximate surface area is 45.7 Å². The molecule has 1 aliphatic heterocycles. The molecule has 0 bridgehead atoms. The molecule has 0 amide bonds. The third-order valence-corrected chi connectivity index (χ3v) is 4.44. The summed E-state index contributed by atoms with van der Waals surface area (Å²) in [5, 5.41) is 0.274. The Bertz CT molecular complexity index is 88.1. The zero-order valence-corrected chi connectivity index (χ0v) is 5.41. The van der Waals surface area contributed by atoms with Gasteiger partial charge in [0.05, 0.1) is 0 Å². The van der Waals surface area contributed by atoms with Gasteiger partial charge in [-0.25, -0.2) is 0 Å². The second-order valence-electron chi connectivity index (χ2n) is 0.954. The van der Waals surface area contributed by atoms with Crippen LogP contribution < -0.4 is 0 Å². The first kappa shape index (κ1) is 4.69. The Hall–Kier alpha value is 0.540. The highest BCUT2D eigenvalue weighted by Crippen LogP contribution is 2.49. The van der Waals surface area contributed by atoms with Gasteiger partial charge in [0.25, 0.3) is 11.0 Å². The Morgan fingerprint density at radius 3 is 2.50 bits per heavy atom. The number of hydrogen-bond acceptors (Lipinski definition) is 3. The first-order valence-electron chi connectivity index (χ1n) is 1.44. The van der Waals surface area contributed by atoms with Gasteiger partial charge < -0.3 is 0 Å². The lowest BCUT2D eigenvalue weighted by atomic mass is 10.9. The minimum absolute atomic E-state index is 0.274. The third kappa shape index (κ3) is 0.780. The van der Waals surface area contributed by atoms with Crippen LogP contribution in [0.2, 0.25) is 0 Å². The largest absolute Gasteiger partial charge is 0.282 e. The topological polar surface area (TPSA) is 17.1 Å². The van der Waals surface area contributed by atoms with Crippen molar-refractivity contribution in [3.63, 3.8) is 0 Å². The van der Waals surface area contributed by atoms with Gasteiger partial charge in [-0.15, -0.1) is 0 Å². The Kier molecular flexibility index (Phi) is 1.22. The highest BCUT2D eigenvalue weighted by Gasteiger charge is 2.34. The highest BCUT2D eigenvalue weighted by atomic mass is 32.9. The summed E-state index contributed by atoms with van der Waals surface area (Å²) >= 11 is 6.07. The van der Waals surface area contributed by atoms with E-state index in [-0.39, 0.29) is 11.0 Å². The summed E-state index contributed by atoms with van der Waals surface area (Å²) in [4.78, 5) is 10.0. The van der Waals surface area contributed by atoms with Crippen molar-refractivity contribution >= 4 is 34.2 Å². The molecule has 0 N–H and O–H groups in total. The van der Waals surface area contributed by atoms with Gasteiger partial charge >= 0.3 is 0 Å². The molecule has 0 radical (unpaired) electrons. The number of rotatable bonds is 0. The maximum Gasteiger partial charge on any atom is 0.282 e. The predicted molar refractivity (Wildman–Crippen MR) is 31.8 cm³/mol. The molecule has 0 aromatic carbocycles. The van der Waals surface area contributed by atoms with Crippen LogP contribution in [0.15, 0.2) is 0 Å². The van der Waals surface area contributed by atoms with Crippen LogP contribution in [0.5, 0.6) is 0 Å². The molecule has 6 heavy (non-hydrogen) atoms. The van der Waals surface area contributed by atoms with Crippen LogP contribution in [0.1, 0.15) is 0 Å². The van der Waals surface area contributed by atoms with Gasteiger partial charge in [-0.1, -0.05) is 0 Å². The van der Waals surface area contributed by atoms with Crippen LogP contribution in [0.25, 0.3) is 0 Å². The number of carbonyl (C=O) groups is 1. The van der Waals surface area contributed by atoms with Gasteiger partial charge in [0.1, 0.15) is 0 Å². The minimum Gasteiger partial charge on any atom is -0.278 e. The van der Waals surface area contributed by atoms with Crippen molar-refractivity contribution in [3.8, 4) is 0 Å². The molecule has 1 aliphatic rings. The van der Waals surface area contributed by atoms with E-state index in [1.54, 1.807) is 0 Å². The van der Waals surface area contributed by atoms with Crippen LogP contribution in [0, 0.1) is 0 Å². The van der Waals surface area contributed by atoms with Crippen LogP contribution >= 0.6 is 17.3 Å². The fourth-order valence-electron chi connectivity index (χ4n) is 0.212. The van der Waals surface area contributed by atoms with E-state index in [9.17, 15) is 4.79 Å². The Morgan fingerprint density at radius 2 is 2.50 bits per heavy atom. The molecule has 1 atom stereocenters. The summed E-state index contributed by atoms with van der Waals surface area (Å²) in [5.74, 6) is -0.307. The maximum absolute atomic E-state index is 10.0. The lowest BCUT2D eigenvalue weighted by Crippen LogP contribution is -2.00. The van der Waals surface area contributed by atoms with Crippen molar-refractivity contribution in [1.82, 2.24) is 0 Å². The van der Waals surface area contributed by atoms with Gasteiger partial charge in [-0.3, -0.25) is 4.79 Å². The normalized spacial score (nSPS) is 26.7. The van der Waals surface area contributed by atoms with Crippen molar-refractivity contribution in [2.24, 2.45) is 0 Å². The van der Waals surface area contributed by atoms with Crippen LogP contribution in [-0.4, -0.2) is 11.3 Å². The molecule has 1 rings (SSSR count). The molecule has 1 fully saturated rings. The third-order valence-electron chi connectivity index (χ3n) is 0.462. The van der Waals surface area contributed by atoms with E-state index in [0.717, 1.165) is 0 Å². The lowest BCUT2D eigenvalue weighted by Gasteiger charge is -1.91. The van der Waals surface area contributed by atoms with Gasteiger partial charge in [0.15, 0.2) is 23.2 Å². The fraction of sp³-hybridized carbons (Fsp3) is 0.500. The average Bonchev–Trinajstić information content (AvgIpc) is 1.33. The molecule has 1 nitrogen and oxygen atoms in total. The van der Waals surface area contributed by atoms with Crippen LogP contribution in [0.3, 0.4) is 0 Å². The molecule has 4 heteroatoms. The SMILES string of the molecule is O=C1C[P+](=S)S1. The minimum atomic E-state index is -0.307. The molecule has 0 aromatic heterocycles. The lowest BCUT2D eigenvalue weighted by molar-refractivity contribution is -0.109. The molecule has 0 aromatic rings. The van der Waals surface area contributed by atoms with E-state index in [1.807, 2.05) is 0 Å². The molecule has 32 valence electrons. The Balaban J connectivity index is 2.47. The number of hydrogen-bond donors (Lipinski definition) is 0. The van der Waals surface area contributed by atoms with E-state index in [0.29, 0.717) is 6.16 Å². The highest BCUT2D eigenvalue weighted by molar-refractivity contribution is 8.74. The van der Waals surface area contributed by atoms with E-state index in [1.165, 1.54) is 11.4 Å². The first-order valence-corrected chi connectivity index (χ1v) is 5.41. The van der Waals surface area contributed by atoms with Gasteiger partial charge in [-0.05, 0) is 0 Å². The second-order valence-corrected chi connectivity index (χ2v) is 6.46. The van der Waals surface area contributed by atoms with E-state index >= 15 is 0 Å². The van der Waals surface area contributed by atoms with Gasteiger partial charge in [-0.2, -0.15) is 0 Å². The fourth-order valence-corrected chi connectivity index (χ4v) is 3.13. The molecule has 0 aliphatic carbocycles. The smallest absolute Gasteiger partial charge is 0.278 e. The van der Waals surface area contributed by atoms with Crippen molar-refractivity contribution in [1.29, 1.82) is 0 Å². The molecule has 1 saturated heterocycles. The van der Waals surface area contributed by atoms with Gasteiger partial charge in [0, 0.05) is 0 Å². The second kappa shape index (κ2) is 1.57. The summed E-state index contributed by atoms with van der Waals surface area (Å²) in [6, 6.07) is 0. The molecular weight excluding hydrogens is 135 g/mol. The van der Waals surface area contributed by atoms with Crippen LogP contribution in [0.4, 0.5) is 0 Å². The maximum atomic E-state index is 10.0. The van der Waals surface area contributed by atoms with E-state index < -0.39 is 0 Å². The van der Waals surface area contributed by atoms with Gasteiger partial charge in [0.2, 0.25) is 6.16 Å². The van der Waals surface area contributed by atoms with Crippen molar-refractivity contribution < 1.29 is 4.79 Å². The quantitative estimate of drug-likeness (QED) is 0.466. The average molecular weight is 137 g/mol. The monoisotopic (exact) mass is 137 g/mol. The van der Waals surface area contributed by atoms with Crippen molar-refractivity contribution in [3.05, 3.63) is 0 Å². The van der Waals surface area contributed by atoms with Crippen molar-refractivity contribution in [2.75, 3.05) is 6.16 Å². The molecular formula is C2H2OPS2+. The van der Waals surface area contributed by atoms with Crippen molar-refractivity contribution in [2.45, 2.75) is 0 Å². The van der Waals surface area contributed by atoms with Crippen LogP contribution in [-0.2, 0) is 16.6 Å². The predicted octanol–water partition coefficient (Wildman–Crippen LogP) is 1.12. The first-order chi connectivity index (χ1) is 2.79. The summed E-state index contributed by atoms with van der Waals surface area (Å²) in [6.07, 6.45) is 0.676. The summed E-state index contributed by atoms with van der Waals surface area (Å²) in [6.45, 7) is 0.